The molecule has 10 heavy (non-hydrogen) atoms. The van der Waals surface area contributed by atoms with Crippen molar-refractivity contribution in [3.05, 3.63) is 0 Å². The summed E-state index contributed by atoms with van der Waals surface area (Å²) in [7, 11) is 0.851. The van der Waals surface area contributed by atoms with E-state index in [1.807, 2.05) is 0 Å². The second kappa shape index (κ2) is 4.13. The van der Waals surface area contributed by atoms with Crippen molar-refractivity contribution in [2.24, 2.45) is 0 Å². The molecule has 0 rings (SSSR count). The maximum atomic E-state index is 2.69. The normalized spacial score (nSPS) is 13.3. The summed E-state index contributed by atoms with van der Waals surface area (Å²) in [5.41, 5.74) is 0. The second-order valence-electron chi connectivity index (χ2n) is 3.87. The minimum atomic E-state index is -0.949. The zero-order chi connectivity index (χ0) is 8.36. The Hall–Kier alpha value is 0.991. The quantitative estimate of drug-likeness (QED) is 0.572. The van der Waals surface area contributed by atoms with Gasteiger partial charge in [0, 0.05) is 0 Å². The Morgan fingerprint density at radius 2 is 1.80 bits per heavy atom. The topological polar surface area (TPSA) is 3.24 Å². The van der Waals surface area contributed by atoms with Crippen LogP contribution >= 0.6 is 0 Å². The summed E-state index contributed by atoms with van der Waals surface area (Å²) in [6.07, 6.45) is 0. The Bertz CT molecular complexity index is 106. The van der Waals surface area contributed by atoms with Gasteiger partial charge in [-0.2, -0.15) is 0 Å². The first-order chi connectivity index (χ1) is 4.41. The van der Waals surface area contributed by atoms with Gasteiger partial charge in [-0.3, -0.25) is 0 Å². The van der Waals surface area contributed by atoms with Crippen LogP contribution in [0.3, 0.4) is 0 Å². The number of rotatable bonds is 3. The molecule has 0 saturated heterocycles. The summed E-state index contributed by atoms with van der Waals surface area (Å²) in [4.78, 5) is 0. The van der Waals surface area contributed by atoms with Crippen LogP contribution in [-0.4, -0.2) is 46.2 Å². The molecule has 0 aromatic heterocycles. The van der Waals surface area contributed by atoms with E-state index >= 15 is 0 Å². The van der Waals surface area contributed by atoms with E-state index in [9.17, 15) is 0 Å². The van der Waals surface area contributed by atoms with E-state index in [2.05, 4.69) is 55.2 Å². The molecular weight excluding hydrogens is 149 g/mol. The van der Waals surface area contributed by atoms with Crippen LogP contribution in [-0.2, 0) is 0 Å². The third-order valence-corrected chi connectivity index (χ3v) is 11.4. The molecule has 0 unspecified atom stereocenters. The first-order valence-corrected chi connectivity index (χ1v) is 10.1. The third-order valence-electron chi connectivity index (χ3n) is 2.59. The van der Waals surface area contributed by atoms with Crippen molar-refractivity contribution in [2.75, 3.05) is 7.05 Å². The van der Waals surface area contributed by atoms with Crippen LogP contribution in [0.4, 0.5) is 0 Å². The predicted molar refractivity (Wildman–Crippen MR) is 54.7 cm³/mol. The zero-order valence-electron chi connectivity index (χ0n) is 8.23. The van der Waals surface area contributed by atoms with E-state index in [1.165, 1.54) is 4.72 Å². The zero-order valence-corrected chi connectivity index (χ0v) is 10.4. The van der Waals surface area contributed by atoms with Gasteiger partial charge in [0.1, 0.15) is 0 Å². The Morgan fingerprint density at radius 3 is 1.90 bits per heavy atom. The summed E-state index contributed by atoms with van der Waals surface area (Å²) in [5, 5.41) is 0. The monoisotopic (exact) mass is 167 g/mol. The molecule has 0 spiro atoms. The van der Waals surface area contributed by atoms with Gasteiger partial charge in [0.15, 0.2) is 0 Å². The standard InChI is InChI=1S/C6H18NSi2.Li/c1-7(8(2)3)9(4,5)6;/h8H,4H2,1-3,5-6H3;. The fourth-order valence-corrected chi connectivity index (χ4v) is 7.59. The van der Waals surface area contributed by atoms with E-state index < -0.39 is 17.2 Å². The molecule has 0 bridgehead atoms. The van der Waals surface area contributed by atoms with Gasteiger partial charge in [0.25, 0.3) is 0 Å². The third kappa shape index (κ3) is 2.93. The van der Waals surface area contributed by atoms with Crippen molar-refractivity contribution in [1.29, 1.82) is 0 Å². The van der Waals surface area contributed by atoms with Gasteiger partial charge in [0.05, 0.1) is 0 Å². The van der Waals surface area contributed by atoms with Gasteiger partial charge in [-0.25, -0.2) is 0 Å². The van der Waals surface area contributed by atoms with E-state index in [1.54, 1.807) is 0 Å². The average molecular weight is 167 g/mol. The second-order valence-corrected chi connectivity index (χ2v) is 12.4. The molecule has 0 atom stereocenters. The van der Waals surface area contributed by atoms with Crippen LogP contribution in [0.15, 0.2) is 0 Å². The molecule has 0 heterocycles. The van der Waals surface area contributed by atoms with Gasteiger partial charge in [0.2, 0.25) is 0 Å². The fraction of sp³-hybridized carbons (Fsp3) is 1.00. The maximum absolute atomic E-state index is 2.69. The van der Waals surface area contributed by atoms with E-state index in [0.717, 1.165) is 0 Å². The van der Waals surface area contributed by atoms with Crippen LogP contribution in [0.25, 0.3) is 0 Å². The molecular formula is C6H18LiNSi2. The van der Waals surface area contributed by atoms with E-state index in [0.29, 0.717) is 0 Å². The average Bonchev–Trinajstić information content (AvgIpc) is 1.86. The van der Waals surface area contributed by atoms with Crippen LogP contribution in [0.2, 0.25) is 30.9 Å². The number of nitrogens with zero attached hydrogens (tertiary/aromatic N) is 1. The van der Waals surface area contributed by atoms with E-state index in [4.69, 9.17) is 0 Å². The van der Waals surface area contributed by atoms with E-state index in [-0.39, 0.29) is 0 Å². The van der Waals surface area contributed by atoms with Crippen LogP contribution in [0, 0.1) is 0 Å². The molecule has 0 aromatic rings. The molecule has 0 aliphatic heterocycles. The number of hydrogen-bond acceptors (Lipinski definition) is 1. The van der Waals surface area contributed by atoms with Gasteiger partial charge in [-0.1, -0.05) is 0 Å². The van der Waals surface area contributed by atoms with Crippen LogP contribution < -0.4 is 0 Å². The molecule has 0 aromatic carbocycles. The molecule has 1 nitrogen and oxygen atoms in total. The molecule has 0 radical (unpaired) electrons. The molecule has 4 heteroatoms. The summed E-state index contributed by atoms with van der Waals surface area (Å²) < 4.78 is 4.07. The van der Waals surface area contributed by atoms with Crippen molar-refractivity contribution in [2.45, 2.75) is 30.9 Å². The number of hydrogen-bond donors (Lipinski definition) is 0. The predicted octanol–water partition coefficient (Wildman–Crippen LogP) is 1.23. The van der Waals surface area contributed by atoms with Crippen molar-refractivity contribution in [3.8, 4) is 0 Å². The Morgan fingerprint density at radius 1 is 1.40 bits per heavy atom. The Labute approximate surface area is 77.2 Å². The van der Waals surface area contributed by atoms with Gasteiger partial charge in [-0.15, -0.1) is 0 Å². The van der Waals surface area contributed by atoms with Crippen molar-refractivity contribution < 1.29 is 0 Å². The van der Waals surface area contributed by atoms with Crippen molar-refractivity contribution in [3.63, 3.8) is 0 Å². The van der Waals surface area contributed by atoms with Crippen LogP contribution in [0.1, 0.15) is 0 Å². The first-order valence-electron chi connectivity index (χ1n) is 4.14. The Balaban J connectivity index is 4.03. The molecule has 0 aliphatic carbocycles. The van der Waals surface area contributed by atoms with Crippen LogP contribution in [0.5, 0.6) is 0 Å². The summed E-state index contributed by atoms with van der Waals surface area (Å²) in [5.74, 6) is 0. The molecule has 0 fully saturated rings. The van der Waals surface area contributed by atoms with Crippen molar-refractivity contribution >= 4 is 34.9 Å². The first kappa shape index (κ1) is 11.0. The SMILES string of the molecule is [Li][CH2][Si](C)(C)N(C)[SiH](C)C. The molecule has 0 amide bonds. The summed E-state index contributed by atoms with van der Waals surface area (Å²) in [6.45, 7) is 9.73. The summed E-state index contributed by atoms with van der Waals surface area (Å²) in [6, 6.07) is 0. The minimum absolute atomic E-state index is 0.512. The fourth-order valence-electron chi connectivity index (χ4n) is 0.948. The van der Waals surface area contributed by atoms with Gasteiger partial charge >= 0.3 is 77.1 Å². The van der Waals surface area contributed by atoms with Gasteiger partial charge in [-0.05, 0) is 0 Å². The molecule has 0 N–H and O–H groups in total. The molecule has 0 aliphatic rings. The van der Waals surface area contributed by atoms with Gasteiger partial charge < -0.3 is 0 Å². The molecule has 56 valence electrons. The molecule has 0 saturated carbocycles. The van der Waals surface area contributed by atoms with Crippen molar-refractivity contribution in [1.82, 2.24) is 4.23 Å². The Kier molecular flexibility index (Phi) is 4.54. The summed E-state index contributed by atoms with van der Waals surface area (Å²) >= 11 is 2.32.